The average molecular weight is 622 g/mol. The van der Waals surface area contributed by atoms with Crippen LogP contribution >= 0.6 is 0 Å². The number of aldehydes is 2. The largest absolute Gasteiger partial charge is 0.394 e. The molecule has 0 saturated carbocycles. The first-order valence-electron chi connectivity index (χ1n) is 18.8. The van der Waals surface area contributed by atoms with Crippen LogP contribution in [-0.4, -0.2) is 47.4 Å². The Kier molecular flexibility index (Phi) is 31.7. The monoisotopic (exact) mass is 622 g/mol. The minimum absolute atomic E-state index is 0.0293. The summed E-state index contributed by atoms with van der Waals surface area (Å²) in [6, 6.07) is -1.01. The molecule has 0 radical (unpaired) electrons. The lowest BCUT2D eigenvalue weighted by Crippen LogP contribution is -2.47. The van der Waals surface area contributed by atoms with Gasteiger partial charge >= 0.3 is 0 Å². The van der Waals surface area contributed by atoms with Crippen LogP contribution in [0, 0.1) is 0 Å². The Balaban J connectivity index is 4.14. The van der Waals surface area contributed by atoms with E-state index in [4.69, 9.17) is 0 Å². The molecule has 0 fully saturated rings. The van der Waals surface area contributed by atoms with E-state index in [2.05, 4.69) is 19.2 Å². The van der Waals surface area contributed by atoms with Crippen LogP contribution in [0.25, 0.3) is 0 Å². The number of unbranched alkanes of at least 4 members (excludes halogenated alkanes) is 24. The number of aliphatic hydroxyl groups excluding tert-OH is 2. The maximum absolute atomic E-state index is 12.5. The summed E-state index contributed by atoms with van der Waals surface area (Å²) in [4.78, 5) is 36.0. The van der Waals surface area contributed by atoms with Crippen molar-refractivity contribution in [2.75, 3.05) is 6.61 Å². The number of allylic oxidation sites excluding steroid dienone is 1. The van der Waals surface area contributed by atoms with Crippen molar-refractivity contribution >= 4 is 18.5 Å². The quantitative estimate of drug-likeness (QED) is 0.0377. The van der Waals surface area contributed by atoms with Crippen LogP contribution in [0.5, 0.6) is 0 Å². The van der Waals surface area contributed by atoms with Crippen LogP contribution < -0.4 is 5.32 Å². The highest BCUT2D eigenvalue weighted by atomic mass is 16.3. The van der Waals surface area contributed by atoms with Gasteiger partial charge in [-0.2, -0.15) is 0 Å². The summed E-state index contributed by atoms with van der Waals surface area (Å²) in [7, 11) is 0. The molecule has 0 rings (SSSR count). The van der Waals surface area contributed by atoms with Gasteiger partial charge in [0.25, 0.3) is 0 Å². The second-order valence-electron chi connectivity index (χ2n) is 13.0. The van der Waals surface area contributed by atoms with Crippen molar-refractivity contribution < 1.29 is 24.6 Å². The number of amides is 1. The maximum Gasteiger partial charge on any atom is 0.220 e. The molecule has 0 aromatic carbocycles. The molecule has 6 nitrogen and oxygen atoms in total. The van der Waals surface area contributed by atoms with Gasteiger partial charge in [0.2, 0.25) is 5.91 Å². The van der Waals surface area contributed by atoms with Gasteiger partial charge in [-0.3, -0.25) is 14.4 Å². The summed E-state index contributed by atoms with van der Waals surface area (Å²) in [5.41, 5.74) is 0.233. The van der Waals surface area contributed by atoms with Crippen molar-refractivity contribution in [2.24, 2.45) is 0 Å². The van der Waals surface area contributed by atoms with Gasteiger partial charge in [-0.15, -0.1) is 0 Å². The lowest BCUT2D eigenvalue weighted by atomic mass is 9.95. The summed E-state index contributed by atoms with van der Waals surface area (Å²) in [6.45, 7) is 3.98. The highest BCUT2D eigenvalue weighted by molar-refractivity contribution is 5.88. The predicted molar refractivity (Wildman–Crippen MR) is 185 cm³/mol. The van der Waals surface area contributed by atoms with Crippen molar-refractivity contribution in [1.82, 2.24) is 5.32 Å². The van der Waals surface area contributed by atoms with Crippen molar-refractivity contribution in [3.8, 4) is 0 Å². The van der Waals surface area contributed by atoms with Gasteiger partial charge in [0.1, 0.15) is 18.7 Å². The van der Waals surface area contributed by atoms with E-state index in [1.165, 1.54) is 128 Å². The number of hydrogen-bond donors (Lipinski definition) is 3. The van der Waals surface area contributed by atoms with E-state index in [0.29, 0.717) is 25.4 Å². The summed E-state index contributed by atoms with van der Waals surface area (Å²) in [5, 5.41) is 23.3. The Morgan fingerprint density at radius 1 is 0.545 bits per heavy atom. The van der Waals surface area contributed by atoms with Crippen LogP contribution in [0.15, 0.2) is 11.1 Å². The Morgan fingerprint density at radius 2 is 0.886 bits per heavy atom. The summed E-state index contributed by atoms with van der Waals surface area (Å²) in [5.74, 6) is -0.249. The van der Waals surface area contributed by atoms with E-state index >= 15 is 0 Å². The zero-order chi connectivity index (χ0) is 32.5. The molecule has 0 unspecified atom stereocenters. The van der Waals surface area contributed by atoms with E-state index in [1.807, 2.05) is 0 Å². The number of rotatable bonds is 34. The molecule has 258 valence electrons. The number of hydrogen-bond acceptors (Lipinski definition) is 5. The Labute approximate surface area is 271 Å². The molecule has 0 bridgehead atoms. The van der Waals surface area contributed by atoms with Gasteiger partial charge in [0.15, 0.2) is 0 Å². The van der Waals surface area contributed by atoms with Crippen molar-refractivity contribution in [3.63, 3.8) is 0 Å². The average Bonchev–Trinajstić information content (AvgIpc) is 3.03. The number of carbonyl (C=O) groups is 3. The third-order valence-corrected chi connectivity index (χ3v) is 8.94. The first kappa shape index (κ1) is 42.5. The molecule has 0 aromatic rings. The van der Waals surface area contributed by atoms with Gasteiger partial charge in [0, 0.05) is 17.6 Å². The Hall–Kier alpha value is -1.53. The standard InChI is InChI=1S/C38H71NO5/c1-3-5-7-9-11-13-15-16-17-18-20-22-24-26-28-30-37(43)39-36(33-42)38(44)35(32-41)34(31-40)29-27-25-23-21-19-14-12-10-8-6-4-2/h31-32,36,38,42,44H,3-30,33H2,1-2H3,(H,39,43)/b35-34-/t36-,38+/m0/s1. The zero-order valence-corrected chi connectivity index (χ0v) is 28.9. The number of nitrogens with one attached hydrogen (secondary N) is 1. The van der Waals surface area contributed by atoms with E-state index in [0.717, 1.165) is 38.5 Å². The van der Waals surface area contributed by atoms with Crippen molar-refractivity contribution in [1.29, 1.82) is 0 Å². The predicted octanol–water partition coefficient (Wildman–Crippen LogP) is 9.48. The SMILES string of the molecule is CCCCCCCCCCCCCCCCCC(=O)N[C@@H](CO)[C@H](O)/C(C=O)=C(\C=O)CCCCCCCCCCCCC. The second-order valence-corrected chi connectivity index (χ2v) is 13.0. The highest BCUT2D eigenvalue weighted by Gasteiger charge is 2.26. The molecule has 0 aliphatic carbocycles. The first-order valence-corrected chi connectivity index (χ1v) is 18.8. The summed E-state index contributed by atoms with van der Waals surface area (Å²) >= 11 is 0. The second kappa shape index (κ2) is 32.9. The smallest absolute Gasteiger partial charge is 0.220 e. The molecule has 0 aliphatic heterocycles. The van der Waals surface area contributed by atoms with Crippen LogP contribution in [-0.2, 0) is 14.4 Å². The summed E-state index contributed by atoms with van der Waals surface area (Å²) in [6.07, 6.45) is 32.4. The Bertz CT molecular complexity index is 707. The van der Waals surface area contributed by atoms with E-state index in [1.54, 1.807) is 0 Å². The fraction of sp³-hybridized carbons (Fsp3) is 0.868. The third kappa shape index (κ3) is 24.8. The summed E-state index contributed by atoms with van der Waals surface area (Å²) < 4.78 is 0. The van der Waals surface area contributed by atoms with Gasteiger partial charge < -0.3 is 15.5 Å². The Morgan fingerprint density at radius 3 is 1.20 bits per heavy atom. The van der Waals surface area contributed by atoms with Crippen LogP contribution in [0.4, 0.5) is 0 Å². The van der Waals surface area contributed by atoms with Crippen LogP contribution in [0.2, 0.25) is 0 Å². The molecule has 6 heteroatoms. The number of carbonyl (C=O) groups excluding carboxylic acids is 3. The molecule has 0 aromatic heterocycles. The molecular formula is C38H71NO5. The molecule has 0 saturated heterocycles. The van der Waals surface area contributed by atoms with Gasteiger partial charge in [-0.1, -0.05) is 168 Å². The molecule has 0 spiro atoms. The molecule has 1 amide bonds. The zero-order valence-electron chi connectivity index (χ0n) is 28.9. The molecule has 2 atom stereocenters. The lowest BCUT2D eigenvalue weighted by Gasteiger charge is -2.23. The van der Waals surface area contributed by atoms with Crippen LogP contribution in [0.1, 0.15) is 194 Å². The normalized spacial score (nSPS) is 13.4. The minimum Gasteiger partial charge on any atom is -0.394 e. The fourth-order valence-electron chi connectivity index (χ4n) is 5.96. The minimum atomic E-state index is -1.41. The third-order valence-electron chi connectivity index (χ3n) is 8.94. The van der Waals surface area contributed by atoms with E-state index < -0.39 is 18.8 Å². The van der Waals surface area contributed by atoms with Gasteiger partial charge in [-0.05, 0) is 19.3 Å². The molecular weight excluding hydrogens is 550 g/mol. The molecule has 44 heavy (non-hydrogen) atoms. The van der Waals surface area contributed by atoms with Crippen molar-refractivity contribution in [2.45, 2.75) is 206 Å². The van der Waals surface area contributed by atoms with E-state index in [9.17, 15) is 24.6 Å². The van der Waals surface area contributed by atoms with Crippen molar-refractivity contribution in [3.05, 3.63) is 11.1 Å². The fourth-order valence-corrected chi connectivity index (χ4v) is 5.96. The number of aliphatic hydroxyl groups is 2. The lowest BCUT2D eigenvalue weighted by molar-refractivity contribution is -0.123. The molecule has 3 N–H and O–H groups in total. The topological polar surface area (TPSA) is 104 Å². The maximum atomic E-state index is 12.5. The van der Waals surface area contributed by atoms with Gasteiger partial charge in [-0.25, -0.2) is 0 Å². The van der Waals surface area contributed by atoms with E-state index in [-0.39, 0.29) is 17.1 Å². The molecule has 0 aliphatic rings. The van der Waals surface area contributed by atoms with Gasteiger partial charge in [0.05, 0.1) is 12.6 Å². The molecule has 0 heterocycles. The van der Waals surface area contributed by atoms with Crippen LogP contribution in [0.3, 0.4) is 0 Å². The highest BCUT2D eigenvalue weighted by Crippen LogP contribution is 2.18. The first-order chi connectivity index (χ1) is 21.5.